The zero-order valence-corrected chi connectivity index (χ0v) is 15.3. The van der Waals surface area contributed by atoms with Crippen molar-refractivity contribution < 1.29 is 14.6 Å². The summed E-state index contributed by atoms with van der Waals surface area (Å²) < 4.78 is 1.09. The predicted octanol–water partition coefficient (Wildman–Crippen LogP) is 3.27. The van der Waals surface area contributed by atoms with Gasteiger partial charge in [0.1, 0.15) is 5.52 Å². The number of rotatable bonds is 3. The lowest BCUT2D eigenvalue weighted by atomic mass is 9.78. The molecule has 0 spiro atoms. The maximum absolute atomic E-state index is 13.1. The van der Waals surface area contributed by atoms with Gasteiger partial charge in [0.2, 0.25) is 0 Å². The van der Waals surface area contributed by atoms with Crippen LogP contribution in [0, 0.1) is 20.2 Å². The number of benzene rings is 2. The number of carbonyl (C=O) groups excluding carboxylic acids is 1. The van der Waals surface area contributed by atoms with E-state index in [-0.39, 0.29) is 22.2 Å². The Morgan fingerprint density at radius 3 is 2.45 bits per heavy atom. The highest BCUT2D eigenvalue weighted by atomic mass is 16.6. The third kappa shape index (κ3) is 2.87. The average molecular weight is 393 g/mol. The molecule has 1 aliphatic carbocycles. The molecule has 1 atom stereocenters. The average Bonchev–Trinajstić information content (AvgIpc) is 2.70. The SMILES string of the molecule is Cn1c(=O)cc(C2CCc3ccccc3C2=O)c2cc([N+](=O)[O-])cc([N+](=O)[O-])c21. The third-order valence-corrected chi connectivity index (χ3v) is 5.42. The minimum atomic E-state index is -0.753. The zero-order chi connectivity index (χ0) is 20.9. The van der Waals surface area contributed by atoms with Crippen LogP contribution in [0.15, 0.2) is 47.3 Å². The molecule has 0 amide bonds. The number of nitrogens with zero attached hydrogens (tertiary/aromatic N) is 3. The summed E-state index contributed by atoms with van der Waals surface area (Å²) >= 11 is 0. The van der Waals surface area contributed by atoms with Crippen LogP contribution in [0.3, 0.4) is 0 Å². The van der Waals surface area contributed by atoms with Crippen molar-refractivity contribution in [3.8, 4) is 0 Å². The lowest BCUT2D eigenvalue weighted by molar-refractivity contribution is -0.393. The first kappa shape index (κ1) is 18.5. The summed E-state index contributed by atoms with van der Waals surface area (Å²) in [6, 6.07) is 10.4. The van der Waals surface area contributed by atoms with Gasteiger partial charge in [0.15, 0.2) is 5.78 Å². The summed E-state index contributed by atoms with van der Waals surface area (Å²) in [4.78, 5) is 47.1. The summed E-state index contributed by atoms with van der Waals surface area (Å²) in [6.45, 7) is 0. The summed E-state index contributed by atoms with van der Waals surface area (Å²) in [6.07, 6.45) is 1.01. The molecular formula is C20H15N3O6. The summed E-state index contributed by atoms with van der Waals surface area (Å²) in [5.74, 6) is -0.904. The number of hydrogen-bond donors (Lipinski definition) is 0. The van der Waals surface area contributed by atoms with Crippen LogP contribution >= 0.6 is 0 Å². The molecule has 2 aromatic carbocycles. The number of pyridine rings is 1. The van der Waals surface area contributed by atoms with E-state index in [1.54, 1.807) is 12.1 Å². The second-order valence-corrected chi connectivity index (χ2v) is 6.98. The van der Waals surface area contributed by atoms with Crippen LogP contribution in [0.25, 0.3) is 10.9 Å². The Kier molecular flexibility index (Phi) is 4.22. The monoisotopic (exact) mass is 393 g/mol. The van der Waals surface area contributed by atoms with Crippen molar-refractivity contribution in [2.24, 2.45) is 7.05 Å². The van der Waals surface area contributed by atoms with E-state index < -0.39 is 32.7 Å². The number of fused-ring (bicyclic) bond motifs is 2. The molecule has 1 aliphatic rings. The number of Topliss-reactive ketones (excluding diaryl/α,β-unsaturated/α-hetero) is 1. The van der Waals surface area contributed by atoms with Gasteiger partial charge >= 0.3 is 0 Å². The van der Waals surface area contributed by atoms with Gasteiger partial charge in [-0.2, -0.15) is 0 Å². The van der Waals surface area contributed by atoms with Crippen molar-refractivity contribution in [1.82, 2.24) is 4.57 Å². The van der Waals surface area contributed by atoms with E-state index in [1.807, 2.05) is 12.1 Å². The molecule has 1 aromatic heterocycles. The number of ketones is 1. The van der Waals surface area contributed by atoms with Gasteiger partial charge in [-0.25, -0.2) is 0 Å². The van der Waals surface area contributed by atoms with Gasteiger partial charge in [0.25, 0.3) is 16.9 Å². The van der Waals surface area contributed by atoms with Crippen LogP contribution in [0.4, 0.5) is 11.4 Å². The molecule has 9 heteroatoms. The zero-order valence-electron chi connectivity index (χ0n) is 15.3. The van der Waals surface area contributed by atoms with Crippen LogP contribution in [0.1, 0.15) is 33.8 Å². The van der Waals surface area contributed by atoms with Crippen LogP contribution in [-0.4, -0.2) is 20.2 Å². The number of carbonyl (C=O) groups is 1. The molecule has 0 N–H and O–H groups in total. The number of nitro benzene ring substituents is 2. The second-order valence-electron chi connectivity index (χ2n) is 6.98. The summed E-state index contributed by atoms with van der Waals surface area (Å²) in [5, 5.41) is 23.1. The van der Waals surface area contributed by atoms with Gasteiger partial charge in [-0.3, -0.25) is 29.8 Å². The molecule has 0 fully saturated rings. The fourth-order valence-corrected chi connectivity index (χ4v) is 4.02. The lowest BCUT2D eigenvalue weighted by Crippen LogP contribution is -2.25. The Hall–Kier alpha value is -3.88. The summed E-state index contributed by atoms with van der Waals surface area (Å²) in [7, 11) is 1.37. The van der Waals surface area contributed by atoms with Crippen LogP contribution < -0.4 is 5.56 Å². The fraction of sp³-hybridized carbons (Fsp3) is 0.200. The highest BCUT2D eigenvalue weighted by molar-refractivity contribution is 6.06. The number of hydrogen-bond acceptors (Lipinski definition) is 6. The molecule has 1 unspecified atom stereocenters. The van der Waals surface area contributed by atoms with Crippen LogP contribution in [0.2, 0.25) is 0 Å². The van der Waals surface area contributed by atoms with Gasteiger partial charge in [-0.1, -0.05) is 24.3 Å². The van der Waals surface area contributed by atoms with Crippen LogP contribution in [-0.2, 0) is 13.5 Å². The van der Waals surface area contributed by atoms with Gasteiger partial charge in [-0.05, 0) is 24.0 Å². The van der Waals surface area contributed by atoms with Gasteiger partial charge in [-0.15, -0.1) is 0 Å². The first-order chi connectivity index (χ1) is 13.8. The predicted molar refractivity (Wildman–Crippen MR) is 104 cm³/mol. The Labute approximate surface area is 163 Å². The Bertz CT molecular complexity index is 1280. The third-order valence-electron chi connectivity index (χ3n) is 5.42. The molecule has 0 aliphatic heterocycles. The molecule has 0 bridgehead atoms. The molecular weight excluding hydrogens is 378 g/mol. The van der Waals surface area contributed by atoms with Gasteiger partial charge in [0, 0.05) is 36.0 Å². The number of nitro groups is 2. The highest BCUT2D eigenvalue weighted by Crippen LogP contribution is 2.39. The van der Waals surface area contributed by atoms with Gasteiger partial charge in [0.05, 0.1) is 15.9 Å². The molecule has 0 saturated carbocycles. The normalized spacial score (nSPS) is 15.9. The van der Waals surface area contributed by atoms with E-state index in [9.17, 15) is 29.8 Å². The van der Waals surface area contributed by atoms with Crippen molar-refractivity contribution in [3.63, 3.8) is 0 Å². The fourth-order valence-electron chi connectivity index (χ4n) is 4.02. The van der Waals surface area contributed by atoms with E-state index in [0.29, 0.717) is 18.4 Å². The molecule has 1 heterocycles. The van der Waals surface area contributed by atoms with Crippen molar-refractivity contribution in [2.75, 3.05) is 0 Å². The number of aromatic nitrogens is 1. The Balaban J connectivity index is 2.04. The van der Waals surface area contributed by atoms with E-state index in [4.69, 9.17) is 0 Å². The number of non-ortho nitro benzene ring substituents is 2. The van der Waals surface area contributed by atoms with Gasteiger partial charge < -0.3 is 4.57 Å². The van der Waals surface area contributed by atoms with E-state index in [2.05, 4.69) is 0 Å². The highest BCUT2D eigenvalue weighted by Gasteiger charge is 2.32. The number of aryl methyl sites for hydroxylation is 2. The molecule has 146 valence electrons. The molecule has 9 nitrogen and oxygen atoms in total. The molecule has 0 saturated heterocycles. The topological polar surface area (TPSA) is 125 Å². The summed E-state index contributed by atoms with van der Waals surface area (Å²) in [5.41, 5.74) is 0.170. The molecule has 29 heavy (non-hydrogen) atoms. The molecule has 0 radical (unpaired) electrons. The second kappa shape index (κ2) is 6.62. The van der Waals surface area contributed by atoms with Crippen molar-refractivity contribution in [2.45, 2.75) is 18.8 Å². The van der Waals surface area contributed by atoms with E-state index in [0.717, 1.165) is 16.2 Å². The first-order valence-corrected chi connectivity index (χ1v) is 8.88. The molecule has 3 aromatic rings. The maximum Gasteiger partial charge on any atom is 0.300 e. The minimum absolute atomic E-state index is 0.0326. The largest absolute Gasteiger partial charge is 0.305 e. The maximum atomic E-state index is 13.1. The smallest absolute Gasteiger partial charge is 0.300 e. The lowest BCUT2D eigenvalue weighted by Gasteiger charge is -2.24. The molecule has 4 rings (SSSR count). The Morgan fingerprint density at radius 2 is 1.76 bits per heavy atom. The van der Waals surface area contributed by atoms with Crippen molar-refractivity contribution >= 4 is 28.1 Å². The minimum Gasteiger partial charge on any atom is -0.305 e. The van der Waals surface area contributed by atoms with Crippen molar-refractivity contribution in [1.29, 1.82) is 0 Å². The van der Waals surface area contributed by atoms with Crippen molar-refractivity contribution in [3.05, 3.63) is 89.7 Å². The first-order valence-electron chi connectivity index (χ1n) is 8.88. The quantitative estimate of drug-likeness (QED) is 0.497. The van der Waals surface area contributed by atoms with E-state index >= 15 is 0 Å². The standard InChI is InChI=1S/C20H15N3O6/c1-21-18(24)10-15(14-7-6-11-4-2-3-5-13(11)20(14)25)16-8-12(22(26)27)9-17(19(16)21)23(28)29/h2-5,8-10,14H,6-7H2,1H3. The Morgan fingerprint density at radius 1 is 1.03 bits per heavy atom. The van der Waals surface area contributed by atoms with Crippen LogP contribution in [0.5, 0.6) is 0 Å². The van der Waals surface area contributed by atoms with E-state index in [1.165, 1.54) is 19.2 Å².